The molecule has 1 aliphatic heterocycles. The number of imidazole rings is 1. The lowest BCUT2D eigenvalue weighted by Gasteiger charge is -2.36. The van der Waals surface area contributed by atoms with Gasteiger partial charge >= 0.3 is 0 Å². The van der Waals surface area contributed by atoms with Crippen LogP contribution in [0.2, 0.25) is 0 Å². The van der Waals surface area contributed by atoms with Gasteiger partial charge in [0.1, 0.15) is 12.2 Å². The predicted molar refractivity (Wildman–Crippen MR) is 81.8 cm³/mol. The summed E-state index contributed by atoms with van der Waals surface area (Å²) < 4.78 is 29.6. The number of rotatable bonds is 3. The Morgan fingerprint density at radius 1 is 1.17 bits per heavy atom. The number of anilines is 2. The van der Waals surface area contributed by atoms with Crippen LogP contribution in [0.1, 0.15) is 0 Å². The van der Waals surface area contributed by atoms with Gasteiger partial charge in [-0.2, -0.15) is 0 Å². The van der Waals surface area contributed by atoms with E-state index in [1.165, 1.54) is 0 Å². The summed E-state index contributed by atoms with van der Waals surface area (Å²) in [6.45, 7) is 1.78. The SMILES string of the molecule is Nc1cc(F)c(N2CCN(C(=O)Cn3ccnc3)CC2)c(F)c1. The smallest absolute Gasteiger partial charge is 0.242 e. The number of carbonyl (C=O) groups is 1. The predicted octanol–water partition coefficient (Wildman–Crippen LogP) is 1.09. The molecule has 8 heteroatoms. The van der Waals surface area contributed by atoms with Crippen LogP contribution >= 0.6 is 0 Å². The molecule has 1 fully saturated rings. The second kappa shape index (κ2) is 6.23. The maximum atomic E-state index is 14.0. The van der Waals surface area contributed by atoms with Gasteiger partial charge in [0.25, 0.3) is 0 Å². The zero-order valence-corrected chi connectivity index (χ0v) is 12.5. The molecule has 2 N–H and O–H groups in total. The Morgan fingerprint density at radius 3 is 2.39 bits per heavy atom. The molecule has 122 valence electrons. The molecule has 6 nitrogen and oxygen atoms in total. The van der Waals surface area contributed by atoms with Crippen molar-refractivity contribution in [1.29, 1.82) is 0 Å². The number of nitrogen functional groups attached to an aromatic ring is 1. The van der Waals surface area contributed by atoms with E-state index in [0.29, 0.717) is 26.2 Å². The first-order chi connectivity index (χ1) is 11.0. The van der Waals surface area contributed by atoms with Gasteiger partial charge in [0.05, 0.1) is 6.33 Å². The second-order valence-corrected chi connectivity index (χ2v) is 5.44. The summed E-state index contributed by atoms with van der Waals surface area (Å²) in [5, 5.41) is 0. The Morgan fingerprint density at radius 2 is 1.83 bits per heavy atom. The van der Waals surface area contributed by atoms with Gasteiger partial charge < -0.3 is 20.1 Å². The monoisotopic (exact) mass is 321 g/mol. The molecule has 23 heavy (non-hydrogen) atoms. The number of carbonyl (C=O) groups excluding carboxylic acids is 1. The Balaban J connectivity index is 1.63. The van der Waals surface area contributed by atoms with Crippen molar-refractivity contribution in [2.75, 3.05) is 36.8 Å². The highest BCUT2D eigenvalue weighted by Crippen LogP contribution is 2.26. The third-order valence-corrected chi connectivity index (χ3v) is 3.86. The number of halogens is 2. The van der Waals surface area contributed by atoms with Crippen molar-refractivity contribution >= 4 is 17.3 Å². The van der Waals surface area contributed by atoms with E-state index in [-0.39, 0.29) is 23.8 Å². The van der Waals surface area contributed by atoms with E-state index < -0.39 is 11.6 Å². The molecule has 2 aromatic rings. The van der Waals surface area contributed by atoms with Gasteiger partial charge in [-0.1, -0.05) is 0 Å². The molecule has 1 amide bonds. The molecule has 2 heterocycles. The molecule has 3 rings (SSSR count). The molecule has 0 aliphatic carbocycles. The van der Waals surface area contributed by atoms with Crippen molar-refractivity contribution < 1.29 is 13.6 Å². The van der Waals surface area contributed by atoms with E-state index in [1.807, 2.05) is 0 Å². The lowest BCUT2D eigenvalue weighted by atomic mass is 10.2. The molecular formula is C15H17F2N5O. The number of nitrogens with two attached hydrogens (primary N) is 1. The Labute approximate surface area is 132 Å². The third-order valence-electron chi connectivity index (χ3n) is 3.86. The maximum Gasteiger partial charge on any atom is 0.242 e. The molecule has 0 atom stereocenters. The number of nitrogens with zero attached hydrogens (tertiary/aromatic N) is 4. The fourth-order valence-corrected chi connectivity index (χ4v) is 2.70. The van der Waals surface area contributed by atoms with Crippen LogP contribution in [-0.4, -0.2) is 46.5 Å². The highest BCUT2D eigenvalue weighted by Gasteiger charge is 2.25. The van der Waals surface area contributed by atoms with Crippen LogP contribution in [0.15, 0.2) is 30.9 Å². The Kier molecular flexibility index (Phi) is 4.14. The van der Waals surface area contributed by atoms with Crippen LogP contribution in [0.5, 0.6) is 0 Å². The lowest BCUT2D eigenvalue weighted by molar-refractivity contribution is -0.132. The zero-order chi connectivity index (χ0) is 16.4. The van der Waals surface area contributed by atoms with Gasteiger partial charge in [-0.05, 0) is 12.1 Å². The molecule has 0 bridgehead atoms. The third kappa shape index (κ3) is 3.25. The van der Waals surface area contributed by atoms with Crippen molar-refractivity contribution in [3.8, 4) is 0 Å². The second-order valence-electron chi connectivity index (χ2n) is 5.44. The number of piperazine rings is 1. The summed E-state index contributed by atoms with van der Waals surface area (Å²) in [4.78, 5) is 19.4. The van der Waals surface area contributed by atoms with E-state index in [2.05, 4.69) is 4.98 Å². The highest BCUT2D eigenvalue weighted by atomic mass is 19.1. The number of hydrogen-bond acceptors (Lipinski definition) is 4. The summed E-state index contributed by atoms with van der Waals surface area (Å²) in [6.07, 6.45) is 4.90. The quantitative estimate of drug-likeness (QED) is 0.860. The molecular weight excluding hydrogens is 304 g/mol. The molecule has 1 saturated heterocycles. The first-order valence-corrected chi connectivity index (χ1v) is 7.27. The van der Waals surface area contributed by atoms with Crippen molar-refractivity contribution in [3.05, 3.63) is 42.5 Å². The van der Waals surface area contributed by atoms with Crippen LogP contribution in [0.4, 0.5) is 20.2 Å². The van der Waals surface area contributed by atoms with Gasteiger partial charge in [0.15, 0.2) is 11.6 Å². The van der Waals surface area contributed by atoms with Gasteiger partial charge in [0, 0.05) is 44.3 Å². The first-order valence-electron chi connectivity index (χ1n) is 7.27. The average Bonchev–Trinajstić information content (AvgIpc) is 2.99. The number of hydrogen-bond donors (Lipinski definition) is 1. The highest BCUT2D eigenvalue weighted by molar-refractivity contribution is 5.76. The first kappa shape index (κ1) is 15.3. The largest absolute Gasteiger partial charge is 0.399 e. The van der Waals surface area contributed by atoms with E-state index in [0.717, 1.165) is 12.1 Å². The minimum absolute atomic E-state index is 0.0408. The molecule has 1 aromatic carbocycles. The van der Waals surface area contributed by atoms with E-state index >= 15 is 0 Å². The van der Waals surface area contributed by atoms with Crippen LogP contribution in [0.25, 0.3) is 0 Å². The summed E-state index contributed by atoms with van der Waals surface area (Å²) >= 11 is 0. The number of aromatic nitrogens is 2. The standard InChI is InChI=1S/C15H17F2N5O/c16-12-7-11(18)8-13(17)15(12)22-5-3-21(4-6-22)14(23)9-20-2-1-19-10-20/h1-2,7-8,10H,3-6,9,18H2. The van der Waals surface area contributed by atoms with Crippen molar-refractivity contribution in [3.63, 3.8) is 0 Å². The molecule has 0 spiro atoms. The summed E-state index contributed by atoms with van der Waals surface area (Å²) in [5.41, 5.74) is 5.40. The summed E-state index contributed by atoms with van der Waals surface area (Å²) in [5.74, 6) is -1.40. The Hall–Kier alpha value is -2.64. The van der Waals surface area contributed by atoms with Crippen molar-refractivity contribution in [2.45, 2.75) is 6.54 Å². The van der Waals surface area contributed by atoms with E-state index in [4.69, 9.17) is 5.73 Å². The van der Waals surface area contributed by atoms with Gasteiger partial charge in [0.2, 0.25) is 5.91 Å². The van der Waals surface area contributed by atoms with Crippen LogP contribution in [-0.2, 0) is 11.3 Å². The van der Waals surface area contributed by atoms with E-state index in [9.17, 15) is 13.6 Å². The Bertz CT molecular complexity index is 673. The van der Waals surface area contributed by atoms with Gasteiger partial charge in [-0.25, -0.2) is 13.8 Å². The molecule has 0 unspecified atom stereocenters. The van der Waals surface area contributed by atoms with Gasteiger partial charge in [-0.15, -0.1) is 0 Å². The summed E-state index contributed by atoms with van der Waals surface area (Å²) in [7, 11) is 0. The maximum absolute atomic E-state index is 14.0. The molecule has 0 radical (unpaired) electrons. The van der Waals surface area contributed by atoms with Crippen LogP contribution in [0, 0.1) is 11.6 Å². The normalized spacial score (nSPS) is 15.0. The van der Waals surface area contributed by atoms with Crippen LogP contribution < -0.4 is 10.6 Å². The van der Waals surface area contributed by atoms with Crippen molar-refractivity contribution in [1.82, 2.24) is 14.5 Å². The minimum Gasteiger partial charge on any atom is -0.399 e. The zero-order valence-electron chi connectivity index (χ0n) is 12.5. The van der Waals surface area contributed by atoms with Gasteiger partial charge in [-0.3, -0.25) is 4.79 Å². The van der Waals surface area contributed by atoms with Crippen LogP contribution in [0.3, 0.4) is 0 Å². The summed E-state index contributed by atoms with van der Waals surface area (Å²) in [6, 6.07) is 2.21. The van der Waals surface area contributed by atoms with Crippen molar-refractivity contribution in [2.24, 2.45) is 0 Å². The fraction of sp³-hybridized carbons (Fsp3) is 0.333. The van der Waals surface area contributed by atoms with E-state index in [1.54, 1.807) is 33.1 Å². The number of benzene rings is 1. The molecule has 1 aromatic heterocycles. The number of amides is 1. The fourth-order valence-electron chi connectivity index (χ4n) is 2.70. The topological polar surface area (TPSA) is 67.4 Å². The average molecular weight is 321 g/mol. The lowest BCUT2D eigenvalue weighted by Crippen LogP contribution is -2.50. The minimum atomic E-state index is -0.680. The molecule has 1 aliphatic rings. The molecule has 0 saturated carbocycles.